The fourth-order valence-electron chi connectivity index (χ4n) is 2.31. The number of methoxy groups -OCH3 is 1. The quantitative estimate of drug-likeness (QED) is 0.603. The number of hydrogen-bond acceptors (Lipinski definition) is 5. The van der Waals surface area contributed by atoms with Gasteiger partial charge in [-0.15, -0.1) is 5.10 Å². The van der Waals surface area contributed by atoms with Crippen molar-refractivity contribution < 1.29 is 9.53 Å². The number of rotatable bonds is 5. The largest absolute Gasteiger partial charge is 0.496 e. The highest BCUT2D eigenvalue weighted by molar-refractivity contribution is 9.10. The van der Waals surface area contributed by atoms with Crippen LogP contribution in [0.1, 0.15) is 35.9 Å². The number of nitrogens with zero attached hydrogens (tertiary/aromatic N) is 3. The summed E-state index contributed by atoms with van der Waals surface area (Å²) in [4.78, 5) is 16.7. The molecule has 3 aromatic rings. The van der Waals surface area contributed by atoms with Crippen LogP contribution in [0.25, 0.3) is 11.4 Å². The molecule has 8 nitrogen and oxygen atoms in total. The number of halogens is 1. The van der Waals surface area contributed by atoms with E-state index in [9.17, 15) is 4.79 Å². The molecule has 0 aliphatic heterocycles. The summed E-state index contributed by atoms with van der Waals surface area (Å²) in [6, 6.07) is 7.41. The van der Waals surface area contributed by atoms with E-state index in [0.717, 1.165) is 11.3 Å². The second-order valence-corrected chi connectivity index (χ2v) is 6.41. The summed E-state index contributed by atoms with van der Waals surface area (Å²) in [6.07, 6.45) is 0. The normalized spacial score (nSPS) is 10.9. The molecule has 3 N–H and O–H groups in total. The number of aromatic amines is 2. The molecular formula is C16H17BrN6O2. The predicted octanol–water partition coefficient (Wildman–Crippen LogP) is 3.34. The minimum Gasteiger partial charge on any atom is -0.496 e. The highest BCUT2D eigenvalue weighted by Crippen LogP contribution is 2.28. The van der Waals surface area contributed by atoms with E-state index in [4.69, 9.17) is 4.74 Å². The predicted molar refractivity (Wildman–Crippen MR) is 96.7 cm³/mol. The summed E-state index contributed by atoms with van der Waals surface area (Å²) in [6.45, 7) is 4.02. The Morgan fingerprint density at radius 1 is 1.24 bits per heavy atom. The Morgan fingerprint density at radius 3 is 2.68 bits per heavy atom. The number of carbonyl (C=O) groups is 1. The van der Waals surface area contributed by atoms with Crippen LogP contribution in [0, 0.1) is 0 Å². The lowest BCUT2D eigenvalue weighted by Crippen LogP contribution is -2.14. The number of ether oxygens (including phenoxy) is 1. The van der Waals surface area contributed by atoms with E-state index in [0.29, 0.717) is 16.0 Å². The Kier molecular flexibility index (Phi) is 4.84. The van der Waals surface area contributed by atoms with E-state index in [2.05, 4.69) is 46.6 Å². The molecule has 0 aliphatic rings. The third-order valence-electron chi connectivity index (χ3n) is 3.60. The zero-order chi connectivity index (χ0) is 18.0. The molecule has 0 spiro atoms. The van der Waals surface area contributed by atoms with Crippen molar-refractivity contribution in [1.29, 1.82) is 0 Å². The van der Waals surface area contributed by atoms with Gasteiger partial charge >= 0.3 is 0 Å². The molecule has 2 aromatic heterocycles. The number of carbonyl (C=O) groups excluding carboxylic acids is 1. The molecule has 0 radical (unpaired) electrons. The first kappa shape index (κ1) is 17.2. The van der Waals surface area contributed by atoms with Crippen molar-refractivity contribution in [3.63, 3.8) is 0 Å². The first-order valence-corrected chi connectivity index (χ1v) is 8.41. The maximum atomic E-state index is 12.4. The number of aromatic nitrogens is 5. The van der Waals surface area contributed by atoms with Gasteiger partial charge in [-0.1, -0.05) is 26.0 Å². The van der Waals surface area contributed by atoms with Crippen molar-refractivity contribution in [2.45, 2.75) is 19.8 Å². The first-order chi connectivity index (χ1) is 12.0. The van der Waals surface area contributed by atoms with Gasteiger partial charge < -0.3 is 4.74 Å². The Bertz CT molecular complexity index is 902. The zero-order valence-electron chi connectivity index (χ0n) is 13.9. The molecule has 0 bridgehead atoms. The van der Waals surface area contributed by atoms with E-state index in [1.54, 1.807) is 7.11 Å². The standard InChI is InChI=1S/C16H17BrN6O2/c1-8(2)12-11(17)13(21-20-12)15(24)19-16-18-14(22-23-16)9-6-4-5-7-10(9)25-3/h4-8H,1-3H3,(H,20,21)(H2,18,19,22,23,24). The van der Waals surface area contributed by atoms with Crippen LogP contribution in [0.15, 0.2) is 28.7 Å². The Balaban J connectivity index is 1.81. The van der Waals surface area contributed by atoms with Gasteiger partial charge in [0.2, 0.25) is 5.95 Å². The van der Waals surface area contributed by atoms with Gasteiger partial charge in [0, 0.05) is 0 Å². The maximum absolute atomic E-state index is 12.4. The number of benzene rings is 1. The number of anilines is 1. The van der Waals surface area contributed by atoms with Crippen LogP contribution in [-0.4, -0.2) is 38.4 Å². The van der Waals surface area contributed by atoms with Crippen molar-refractivity contribution in [2.24, 2.45) is 0 Å². The monoisotopic (exact) mass is 404 g/mol. The van der Waals surface area contributed by atoms with Gasteiger partial charge in [0.1, 0.15) is 5.75 Å². The minimum absolute atomic E-state index is 0.159. The van der Waals surface area contributed by atoms with Gasteiger partial charge in [-0.25, -0.2) is 0 Å². The second kappa shape index (κ2) is 7.06. The number of nitrogens with one attached hydrogen (secondary N) is 3. The molecule has 0 saturated carbocycles. The highest BCUT2D eigenvalue weighted by Gasteiger charge is 2.21. The third kappa shape index (κ3) is 3.41. The van der Waals surface area contributed by atoms with Crippen LogP contribution in [0.4, 0.5) is 5.95 Å². The van der Waals surface area contributed by atoms with Gasteiger partial charge in [-0.05, 0) is 34.0 Å². The molecule has 25 heavy (non-hydrogen) atoms. The lowest BCUT2D eigenvalue weighted by molar-refractivity contribution is 0.102. The molecule has 0 aliphatic carbocycles. The number of para-hydroxylation sites is 1. The van der Waals surface area contributed by atoms with Crippen LogP contribution in [-0.2, 0) is 0 Å². The summed E-state index contributed by atoms with van der Waals surface area (Å²) in [5.41, 5.74) is 1.86. The highest BCUT2D eigenvalue weighted by atomic mass is 79.9. The topological polar surface area (TPSA) is 109 Å². The number of H-pyrrole nitrogens is 2. The van der Waals surface area contributed by atoms with Gasteiger partial charge in [-0.3, -0.25) is 20.3 Å². The first-order valence-electron chi connectivity index (χ1n) is 7.62. The summed E-state index contributed by atoms with van der Waals surface area (Å²) in [5.74, 6) is 1.13. The lowest BCUT2D eigenvalue weighted by Gasteiger charge is -2.04. The van der Waals surface area contributed by atoms with Crippen LogP contribution in [0.5, 0.6) is 5.75 Å². The van der Waals surface area contributed by atoms with Gasteiger partial charge in [0.15, 0.2) is 11.5 Å². The summed E-state index contributed by atoms with van der Waals surface area (Å²) in [5, 5.41) is 16.4. The van der Waals surface area contributed by atoms with E-state index < -0.39 is 5.91 Å². The molecule has 0 atom stereocenters. The van der Waals surface area contributed by atoms with E-state index in [-0.39, 0.29) is 17.6 Å². The summed E-state index contributed by atoms with van der Waals surface area (Å²) < 4.78 is 5.94. The fourth-order valence-corrected chi connectivity index (χ4v) is 3.13. The van der Waals surface area contributed by atoms with Crippen molar-refractivity contribution in [3.8, 4) is 17.1 Å². The Labute approximate surface area is 152 Å². The van der Waals surface area contributed by atoms with Crippen LogP contribution >= 0.6 is 15.9 Å². The molecule has 1 aromatic carbocycles. The van der Waals surface area contributed by atoms with Crippen LogP contribution < -0.4 is 10.1 Å². The average Bonchev–Trinajstić information content (AvgIpc) is 3.21. The smallest absolute Gasteiger partial charge is 0.279 e. The fraction of sp³-hybridized carbons (Fsp3) is 0.250. The Hall–Kier alpha value is -2.68. The second-order valence-electron chi connectivity index (χ2n) is 5.62. The van der Waals surface area contributed by atoms with E-state index in [1.165, 1.54) is 0 Å². The van der Waals surface area contributed by atoms with Crippen molar-refractivity contribution in [1.82, 2.24) is 25.4 Å². The summed E-state index contributed by atoms with van der Waals surface area (Å²) in [7, 11) is 1.58. The van der Waals surface area contributed by atoms with E-state index in [1.807, 2.05) is 38.1 Å². The maximum Gasteiger partial charge on any atom is 0.279 e. The number of amides is 1. The van der Waals surface area contributed by atoms with Crippen LogP contribution in [0.3, 0.4) is 0 Å². The molecule has 3 rings (SSSR count). The van der Waals surface area contributed by atoms with Gasteiger partial charge in [0.25, 0.3) is 5.91 Å². The Morgan fingerprint density at radius 2 is 2.00 bits per heavy atom. The molecule has 9 heteroatoms. The van der Waals surface area contributed by atoms with E-state index >= 15 is 0 Å². The lowest BCUT2D eigenvalue weighted by atomic mass is 10.1. The minimum atomic E-state index is -0.402. The molecule has 0 saturated heterocycles. The molecular weight excluding hydrogens is 388 g/mol. The van der Waals surface area contributed by atoms with Crippen molar-refractivity contribution >= 4 is 27.8 Å². The summed E-state index contributed by atoms with van der Waals surface area (Å²) >= 11 is 3.41. The molecule has 0 fully saturated rings. The molecule has 130 valence electrons. The average molecular weight is 405 g/mol. The third-order valence-corrected chi connectivity index (χ3v) is 4.40. The SMILES string of the molecule is COc1ccccc1-c1nc(NC(=O)c2n[nH]c(C(C)C)c2Br)n[nH]1. The molecule has 2 heterocycles. The van der Waals surface area contributed by atoms with Gasteiger partial charge in [0.05, 0.1) is 22.8 Å². The van der Waals surface area contributed by atoms with Crippen LogP contribution in [0.2, 0.25) is 0 Å². The molecule has 0 unspecified atom stereocenters. The van der Waals surface area contributed by atoms with Crippen molar-refractivity contribution in [3.05, 3.63) is 40.1 Å². The van der Waals surface area contributed by atoms with Gasteiger partial charge in [-0.2, -0.15) is 10.1 Å². The number of hydrogen-bond donors (Lipinski definition) is 3. The molecule has 1 amide bonds. The zero-order valence-corrected chi connectivity index (χ0v) is 15.5. The van der Waals surface area contributed by atoms with Crippen molar-refractivity contribution in [2.75, 3.05) is 12.4 Å².